The molecule has 0 radical (unpaired) electrons. The molecule has 100 valence electrons. The van der Waals surface area contributed by atoms with Gasteiger partial charge in [-0.05, 0) is 31.0 Å². The average Bonchev–Trinajstić information content (AvgIpc) is 2.33. The second-order valence-electron chi connectivity index (χ2n) is 4.20. The molecule has 0 aliphatic rings. The van der Waals surface area contributed by atoms with Crippen molar-refractivity contribution in [1.29, 1.82) is 0 Å². The van der Waals surface area contributed by atoms with Crippen LogP contribution in [0.3, 0.4) is 0 Å². The van der Waals surface area contributed by atoms with Crippen molar-refractivity contribution in [2.45, 2.75) is 26.3 Å². The van der Waals surface area contributed by atoms with Gasteiger partial charge in [0.2, 0.25) is 5.91 Å². The highest BCUT2D eigenvalue weighted by Gasteiger charge is 2.06. The number of hydrogen-bond acceptors (Lipinski definition) is 3. The molecule has 3 nitrogen and oxygen atoms in total. The molecule has 0 aliphatic heterocycles. The topological polar surface area (TPSA) is 55.1 Å². The number of carbonyl (C=O) groups is 1. The van der Waals surface area contributed by atoms with Gasteiger partial charge in [-0.2, -0.15) is 11.8 Å². The quantitative estimate of drug-likeness (QED) is 0.845. The Bertz CT molecular complexity index is 412. The van der Waals surface area contributed by atoms with Crippen molar-refractivity contribution in [3.05, 3.63) is 28.8 Å². The largest absolute Gasteiger partial charge is 0.327 e. The molecular formula is C13H19ClN2OS. The second kappa shape index (κ2) is 7.67. The number of hydrogen-bond donors (Lipinski definition) is 2. The number of halogens is 1. The lowest BCUT2D eigenvalue weighted by Gasteiger charge is -2.09. The summed E-state index contributed by atoms with van der Waals surface area (Å²) in [5.74, 6) is 1.20. The molecule has 1 aromatic carbocycles. The standard InChI is InChI=1S/C13H19ClN2OS/c1-3-10(15)7-18-8-13(17)16-11-5-4-9(2)12(14)6-11/h4-6,10H,3,7-8,15H2,1-2H3,(H,16,17). The number of nitrogens with two attached hydrogens (primary N) is 1. The number of nitrogens with one attached hydrogen (secondary N) is 1. The van der Waals surface area contributed by atoms with Crippen LogP contribution in [0.5, 0.6) is 0 Å². The maximum Gasteiger partial charge on any atom is 0.234 e. The molecule has 3 N–H and O–H groups in total. The van der Waals surface area contributed by atoms with Crippen LogP contribution < -0.4 is 11.1 Å². The van der Waals surface area contributed by atoms with Crippen molar-refractivity contribution in [3.8, 4) is 0 Å². The summed E-state index contributed by atoms with van der Waals surface area (Å²) in [6.07, 6.45) is 0.933. The lowest BCUT2D eigenvalue weighted by Crippen LogP contribution is -2.23. The molecule has 1 atom stereocenters. The lowest BCUT2D eigenvalue weighted by molar-refractivity contribution is -0.113. The normalized spacial score (nSPS) is 12.2. The van der Waals surface area contributed by atoms with Gasteiger partial charge in [0.15, 0.2) is 0 Å². The highest BCUT2D eigenvalue weighted by atomic mass is 35.5. The third-order valence-electron chi connectivity index (χ3n) is 2.55. The molecule has 0 spiro atoms. The van der Waals surface area contributed by atoms with E-state index in [4.69, 9.17) is 17.3 Å². The monoisotopic (exact) mass is 286 g/mol. The summed E-state index contributed by atoms with van der Waals surface area (Å²) in [4.78, 5) is 11.7. The van der Waals surface area contributed by atoms with E-state index in [2.05, 4.69) is 5.32 Å². The molecule has 0 aliphatic carbocycles. The van der Waals surface area contributed by atoms with Gasteiger partial charge in [-0.1, -0.05) is 24.6 Å². The van der Waals surface area contributed by atoms with E-state index < -0.39 is 0 Å². The summed E-state index contributed by atoms with van der Waals surface area (Å²) >= 11 is 7.54. The molecule has 0 fully saturated rings. The first kappa shape index (κ1) is 15.3. The summed E-state index contributed by atoms with van der Waals surface area (Å²) in [7, 11) is 0. The van der Waals surface area contributed by atoms with Gasteiger partial charge in [-0.15, -0.1) is 0 Å². The Hall–Kier alpha value is -0.710. The number of thioether (sulfide) groups is 1. The van der Waals surface area contributed by atoms with E-state index >= 15 is 0 Å². The van der Waals surface area contributed by atoms with Gasteiger partial charge in [0.05, 0.1) is 5.75 Å². The van der Waals surface area contributed by atoms with E-state index in [1.54, 1.807) is 17.8 Å². The fourth-order valence-corrected chi connectivity index (χ4v) is 2.38. The van der Waals surface area contributed by atoms with Crippen LogP contribution >= 0.6 is 23.4 Å². The fourth-order valence-electron chi connectivity index (χ4n) is 1.29. The zero-order chi connectivity index (χ0) is 13.5. The van der Waals surface area contributed by atoms with Crippen LogP contribution in [0.15, 0.2) is 18.2 Å². The minimum atomic E-state index is -0.0248. The minimum Gasteiger partial charge on any atom is -0.327 e. The van der Waals surface area contributed by atoms with E-state index in [0.717, 1.165) is 23.4 Å². The molecule has 0 heterocycles. The molecule has 0 saturated carbocycles. The molecule has 0 bridgehead atoms. The lowest BCUT2D eigenvalue weighted by atomic mass is 10.2. The highest BCUT2D eigenvalue weighted by molar-refractivity contribution is 8.00. The van der Waals surface area contributed by atoms with Gasteiger partial charge >= 0.3 is 0 Å². The number of carbonyl (C=O) groups excluding carboxylic acids is 1. The van der Waals surface area contributed by atoms with Crippen LogP contribution in [0.1, 0.15) is 18.9 Å². The molecule has 5 heteroatoms. The summed E-state index contributed by atoms with van der Waals surface area (Å²) in [6.45, 7) is 3.97. The van der Waals surface area contributed by atoms with Crippen molar-refractivity contribution in [3.63, 3.8) is 0 Å². The maximum atomic E-state index is 11.7. The Morgan fingerprint density at radius 3 is 2.89 bits per heavy atom. The third kappa shape index (κ3) is 5.29. The van der Waals surface area contributed by atoms with Crippen molar-refractivity contribution >= 4 is 35.0 Å². The number of amides is 1. The molecular weight excluding hydrogens is 268 g/mol. The van der Waals surface area contributed by atoms with Gasteiger partial charge in [-0.25, -0.2) is 0 Å². The van der Waals surface area contributed by atoms with Crippen LogP contribution in [-0.4, -0.2) is 23.5 Å². The Morgan fingerprint density at radius 1 is 1.56 bits per heavy atom. The summed E-state index contributed by atoms with van der Waals surface area (Å²) < 4.78 is 0. The number of benzene rings is 1. The van der Waals surface area contributed by atoms with Crippen LogP contribution in [-0.2, 0) is 4.79 Å². The smallest absolute Gasteiger partial charge is 0.234 e. The summed E-state index contributed by atoms with van der Waals surface area (Å²) in [6, 6.07) is 5.66. The SMILES string of the molecule is CCC(N)CSCC(=O)Nc1ccc(C)c(Cl)c1. The van der Waals surface area contributed by atoms with E-state index in [0.29, 0.717) is 10.8 Å². The molecule has 0 saturated heterocycles. The van der Waals surface area contributed by atoms with Gasteiger partial charge < -0.3 is 11.1 Å². The first-order valence-corrected chi connectivity index (χ1v) is 7.45. The van der Waals surface area contributed by atoms with Crippen molar-refractivity contribution in [2.24, 2.45) is 5.73 Å². The van der Waals surface area contributed by atoms with E-state index in [1.165, 1.54) is 0 Å². The molecule has 18 heavy (non-hydrogen) atoms. The summed E-state index contributed by atoms with van der Waals surface area (Å²) in [5, 5.41) is 3.48. The predicted octanol–water partition coefficient (Wildman–Crippen LogP) is 3.06. The van der Waals surface area contributed by atoms with Crippen molar-refractivity contribution in [1.82, 2.24) is 0 Å². The van der Waals surface area contributed by atoms with Crippen LogP contribution in [0.2, 0.25) is 5.02 Å². The minimum absolute atomic E-state index is 0.0248. The molecule has 1 unspecified atom stereocenters. The first-order chi connectivity index (χ1) is 8.52. The van der Waals surface area contributed by atoms with Gasteiger partial charge in [0.1, 0.15) is 0 Å². The van der Waals surface area contributed by atoms with Crippen LogP contribution in [0, 0.1) is 6.92 Å². The first-order valence-electron chi connectivity index (χ1n) is 5.92. The van der Waals surface area contributed by atoms with Crippen molar-refractivity contribution < 1.29 is 4.79 Å². The van der Waals surface area contributed by atoms with Crippen molar-refractivity contribution in [2.75, 3.05) is 16.8 Å². The number of aryl methyl sites for hydroxylation is 1. The molecule has 1 rings (SSSR count). The zero-order valence-electron chi connectivity index (χ0n) is 10.7. The molecule has 1 aromatic rings. The van der Waals surface area contributed by atoms with E-state index in [-0.39, 0.29) is 11.9 Å². The predicted molar refractivity (Wildman–Crippen MR) is 80.4 cm³/mol. The van der Waals surface area contributed by atoms with Gasteiger partial charge in [-0.3, -0.25) is 4.79 Å². The summed E-state index contributed by atoms with van der Waals surface area (Å²) in [5.41, 5.74) is 7.51. The van der Waals surface area contributed by atoms with Crippen LogP contribution in [0.25, 0.3) is 0 Å². The Labute approximate surface area is 117 Å². The van der Waals surface area contributed by atoms with Gasteiger partial charge in [0, 0.05) is 22.5 Å². The molecule has 0 aromatic heterocycles. The zero-order valence-corrected chi connectivity index (χ0v) is 12.3. The maximum absolute atomic E-state index is 11.7. The fraction of sp³-hybridized carbons (Fsp3) is 0.462. The third-order valence-corrected chi connectivity index (χ3v) is 4.08. The van der Waals surface area contributed by atoms with Gasteiger partial charge in [0.25, 0.3) is 0 Å². The molecule has 1 amide bonds. The number of rotatable bonds is 6. The second-order valence-corrected chi connectivity index (χ2v) is 5.63. The van der Waals surface area contributed by atoms with E-state index in [9.17, 15) is 4.79 Å². The Morgan fingerprint density at radius 2 is 2.28 bits per heavy atom. The average molecular weight is 287 g/mol. The Kier molecular flexibility index (Phi) is 6.54. The van der Waals surface area contributed by atoms with E-state index in [1.807, 2.05) is 26.0 Å². The Balaban J connectivity index is 2.38. The number of anilines is 1. The highest BCUT2D eigenvalue weighted by Crippen LogP contribution is 2.20. The van der Waals surface area contributed by atoms with Crippen LogP contribution in [0.4, 0.5) is 5.69 Å².